The standard InChI is InChI=1S/C16H24N2O2/c1-12-5-6-14(13(2)11-12)20-16(3,4)15(19)18-9-7-17-8-10-18/h5-6,11,17H,7-10H2,1-4H3. The number of hydrogen-bond acceptors (Lipinski definition) is 3. The molecule has 0 radical (unpaired) electrons. The van der Waals surface area contributed by atoms with Crippen LogP contribution in [0.25, 0.3) is 0 Å². The lowest BCUT2D eigenvalue weighted by Crippen LogP contribution is -2.54. The smallest absolute Gasteiger partial charge is 0.266 e. The molecule has 1 aliphatic rings. The summed E-state index contributed by atoms with van der Waals surface area (Å²) in [4.78, 5) is 14.5. The van der Waals surface area contributed by atoms with E-state index < -0.39 is 5.60 Å². The number of amides is 1. The average molecular weight is 276 g/mol. The number of nitrogens with zero attached hydrogens (tertiary/aromatic N) is 1. The van der Waals surface area contributed by atoms with Gasteiger partial charge in [-0.05, 0) is 39.3 Å². The Morgan fingerprint density at radius 2 is 1.90 bits per heavy atom. The van der Waals surface area contributed by atoms with Gasteiger partial charge in [0.1, 0.15) is 5.75 Å². The third-order valence-electron chi connectivity index (χ3n) is 3.61. The molecular weight excluding hydrogens is 252 g/mol. The van der Waals surface area contributed by atoms with Crippen molar-refractivity contribution in [2.75, 3.05) is 26.2 Å². The Labute approximate surface area is 121 Å². The van der Waals surface area contributed by atoms with E-state index in [0.717, 1.165) is 37.5 Å². The Hall–Kier alpha value is -1.55. The van der Waals surface area contributed by atoms with Crippen LogP contribution in [-0.4, -0.2) is 42.6 Å². The molecule has 0 aliphatic carbocycles. The predicted octanol–water partition coefficient (Wildman–Crippen LogP) is 1.89. The van der Waals surface area contributed by atoms with E-state index in [0.29, 0.717) is 0 Å². The molecule has 1 heterocycles. The Kier molecular flexibility index (Phi) is 4.33. The zero-order valence-electron chi connectivity index (χ0n) is 12.8. The fourth-order valence-corrected chi connectivity index (χ4v) is 2.48. The van der Waals surface area contributed by atoms with Crippen molar-refractivity contribution in [3.05, 3.63) is 29.3 Å². The van der Waals surface area contributed by atoms with Crippen LogP contribution in [0.15, 0.2) is 18.2 Å². The van der Waals surface area contributed by atoms with Crippen LogP contribution >= 0.6 is 0 Å². The lowest BCUT2D eigenvalue weighted by Gasteiger charge is -2.35. The number of aryl methyl sites for hydroxylation is 2. The second-order valence-electron chi connectivity index (χ2n) is 5.92. The number of rotatable bonds is 3. The summed E-state index contributed by atoms with van der Waals surface area (Å²) < 4.78 is 5.99. The average Bonchev–Trinajstić information content (AvgIpc) is 2.42. The quantitative estimate of drug-likeness (QED) is 0.916. The molecular formula is C16H24N2O2. The molecule has 1 aliphatic heterocycles. The maximum absolute atomic E-state index is 12.6. The molecule has 1 aromatic rings. The van der Waals surface area contributed by atoms with E-state index in [1.165, 1.54) is 5.56 Å². The van der Waals surface area contributed by atoms with E-state index in [9.17, 15) is 4.79 Å². The second kappa shape index (κ2) is 5.83. The van der Waals surface area contributed by atoms with Crippen molar-refractivity contribution in [1.82, 2.24) is 10.2 Å². The molecule has 0 bridgehead atoms. The van der Waals surface area contributed by atoms with Gasteiger partial charge in [0.15, 0.2) is 5.60 Å². The van der Waals surface area contributed by atoms with Crippen molar-refractivity contribution < 1.29 is 9.53 Å². The van der Waals surface area contributed by atoms with Crippen LogP contribution in [0.4, 0.5) is 0 Å². The minimum absolute atomic E-state index is 0.0546. The fraction of sp³-hybridized carbons (Fsp3) is 0.562. The first-order valence-corrected chi connectivity index (χ1v) is 7.16. The van der Waals surface area contributed by atoms with Crippen LogP contribution in [0.1, 0.15) is 25.0 Å². The number of piperazine rings is 1. The van der Waals surface area contributed by atoms with Crippen LogP contribution in [0.3, 0.4) is 0 Å². The predicted molar refractivity (Wildman–Crippen MR) is 80.1 cm³/mol. The van der Waals surface area contributed by atoms with Gasteiger partial charge in [-0.25, -0.2) is 0 Å². The highest BCUT2D eigenvalue weighted by molar-refractivity contribution is 5.85. The Morgan fingerprint density at radius 1 is 1.25 bits per heavy atom. The molecule has 4 nitrogen and oxygen atoms in total. The Balaban J connectivity index is 2.11. The number of benzene rings is 1. The zero-order chi connectivity index (χ0) is 14.8. The topological polar surface area (TPSA) is 41.6 Å². The molecule has 0 unspecified atom stereocenters. The van der Waals surface area contributed by atoms with E-state index in [1.807, 2.05) is 44.7 Å². The molecule has 1 amide bonds. The van der Waals surface area contributed by atoms with Crippen LogP contribution in [0.2, 0.25) is 0 Å². The van der Waals surface area contributed by atoms with Crippen LogP contribution in [0.5, 0.6) is 5.75 Å². The molecule has 20 heavy (non-hydrogen) atoms. The van der Waals surface area contributed by atoms with E-state index in [2.05, 4.69) is 11.4 Å². The highest BCUT2D eigenvalue weighted by Gasteiger charge is 2.35. The van der Waals surface area contributed by atoms with E-state index in [4.69, 9.17) is 4.74 Å². The van der Waals surface area contributed by atoms with Gasteiger partial charge in [0.25, 0.3) is 5.91 Å². The molecule has 4 heteroatoms. The Bertz CT molecular complexity index is 491. The third-order valence-corrected chi connectivity index (χ3v) is 3.61. The molecule has 1 aromatic carbocycles. The number of carbonyl (C=O) groups excluding carboxylic acids is 1. The number of hydrogen-bond donors (Lipinski definition) is 1. The molecule has 0 spiro atoms. The number of carbonyl (C=O) groups is 1. The summed E-state index contributed by atoms with van der Waals surface area (Å²) in [6.07, 6.45) is 0. The van der Waals surface area contributed by atoms with E-state index in [1.54, 1.807) is 0 Å². The van der Waals surface area contributed by atoms with Gasteiger partial charge in [0.05, 0.1) is 0 Å². The molecule has 1 N–H and O–H groups in total. The van der Waals surface area contributed by atoms with Crippen LogP contribution < -0.4 is 10.1 Å². The van der Waals surface area contributed by atoms with Crippen molar-refractivity contribution in [3.8, 4) is 5.75 Å². The van der Waals surface area contributed by atoms with Gasteiger partial charge in [-0.2, -0.15) is 0 Å². The summed E-state index contributed by atoms with van der Waals surface area (Å²) in [5.74, 6) is 0.836. The highest BCUT2D eigenvalue weighted by Crippen LogP contribution is 2.25. The largest absolute Gasteiger partial charge is 0.478 e. The molecule has 0 aromatic heterocycles. The molecule has 2 rings (SSSR count). The maximum atomic E-state index is 12.6. The Morgan fingerprint density at radius 3 is 2.50 bits per heavy atom. The lowest BCUT2D eigenvalue weighted by atomic mass is 10.1. The third kappa shape index (κ3) is 3.31. The molecule has 110 valence electrons. The monoisotopic (exact) mass is 276 g/mol. The molecule has 1 fully saturated rings. The second-order valence-corrected chi connectivity index (χ2v) is 5.92. The van der Waals surface area contributed by atoms with Crippen molar-refractivity contribution >= 4 is 5.91 Å². The first kappa shape index (κ1) is 14.9. The van der Waals surface area contributed by atoms with Gasteiger partial charge in [-0.15, -0.1) is 0 Å². The van der Waals surface area contributed by atoms with Gasteiger partial charge in [0.2, 0.25) is 0 Å². The molecule has 0 saturated carbocycles. The van der Waals surface area contributed by atoms with Crippen molar-refractivity contribution in [1.29, 1.82) is 0 Å². The van der Waals surface area contributed by atoms with Gasteiger partial charge in [-0.1, -0.05) is 17.7 Å². The summed E-state index contributed by atoms with van der Waals surface area (Å²) in [5, 5.41) is 3.25. The summed E-state index contributed by atoms with van der Waals surface area (Å²) in [5.41, 5.74) is 1.42. The lowest BCUT2D eigenvalue weighted by molar-refractivity contribution is -0.146. The van der Waals surface area contributed by atoms with Gasteiger partial charge in [-0.3, -0.25) is 4.79 Å². The summed E-state index contributed by atoms with van der Waals surface area (Å²) in [6, 6.07) is 6.02. The fourth-order valence-electron chi connectivity index (χ4n) is 2.48. The number of ether oxygens (including phenoxy) is 1. The summed E-state index contributed by atoms with van der Waals surface area (Å²) >= 11 is 0. The van der Waals surface area contributed by atoms with Gasteiger partial charge in [0, 0.05) is 26.2 Å². The first-order valence-electron chi connectivity index (χ1n) is 7.16. The molecule has 0 atom stereocenters. The van der Waals surface area contributed by atoms with Crippen molar-refractivity contribution in [2.24, 2.45) is 0 Å². The highest BCUT2D eigenvalue weighted by atomic mass is 16.5. The first-order chi connectivity index (χ1) is 9.40. The number of nitrogens with one attached hydrogen (secondary N) is 1. The van der Waals surface area contributed by atoms with Gasteiger partial charge < -0.3 is 15.0 Å². The van der Waals surface area contributed by atoms with Gasteiger partial charge >= 0.3 is 0 Å². The summed E-state index contributed by atoms with van der Waals surface area (Å²) in [7, 11) is 0. The zero-order valence-corrected chi connectivity index (χ0v) is 12.8. The summed E-state index contributed by atoms with van der Waals surface area (Å²) in [6.45, 7) is 10.9. The molecule has 1 saturated heterocycles. The normalized spacial score (nSPS) is 16.1. The van der Waals surface area contributed by atoms with E-state index in [-0.39, 0.29) is 5.91 Å². The minimum Gasteiger partial charge on any atom is -0.478 e. The van der Waals surface area contributed by atoms with Crippen molar-refractivity contribution in [3.63, 3.8) is 0 Å². The van der Waals surface area contributed by atoms with Crippen molar-refractivity contribution in [2.45, 2.75) is 33.3 Å². The van der Waals surface area contributed by atoms with E-state index >= 15 is 0 Å². The maximum Gasteiger partial charge on any atom is 0.266 e. The SMILES string of the molecule is Cc1ccc(OC(C)(C)C(=O)N2CCNCC2)c(C)c1. The van der Waals surface area contributed by atoms with Crippen LogP contribution in [0, 0.1) is 13.8 Å². The minimum atomic E-state index is -0.836. The van der Waals surface area contributed by atoms with Crippen LogP contribution in [-0.2, 0) is 4.79 Å².